The van der Waals surface area contributed by atoms with E-state index in [0.29, 0.717) is 16.7 Å². The van der Waals surface area contributed by atoms with Crippen LogP contribution in [0.1, 0.15) is 0 Å². The Morgan fingerprint density at radius 2 is 1.84 bits per heavy atom. The molecule has 3 aromatic rings. The molecule has 94 valence electrons. The lowest BCUT2D eigenvalue weighted by Crippen LogP contribution is -2.10. The topological polar surface area (TPSA) is 63.8 Å². The maximum atomic E-state index is 5.99. The van der Waals surface area contributed by atoms with Gasteiger partial charge in [0, 0.05) is 16.0 Å². The van der Waals surface area contributed by atoms with Gasteiger partial charge in [0.1, 0.15) is 0 Å². The van der Waals surface area contributed by atoms with Crippen molar-refractivity contribution in [3.63, 3.8) is 0 Å². The van der Waals surface area contributed by atoms with Gasteiger partial charge in [0.25, 0.3) is 0 Å². The van der Waals surface area contributed by atoms with E-state index in [1.807, 2.05) is 48.5 Å². The Morgan fingerprint density at radius 1 is 1.00 bits per heavy atom. The van der Waals surface area contributed by atoms with E-state index in [4.69, 9.17) is 17.4 Å². The minimum Gasteiger partial charge on any atom is -0.308 e. The van der Waals surface area contributed by atoms with Crippen LogP contribution < -0.4 is 11.3 Å². The number of hydrogen-bond donors (Lipinski definition) is 2. The van der Waals surface area contributed by atoms with Crippen LogP contribution in [-0.2, 0) is 0 Å². The molecule has 0 aliphatic rings. The number of nitrogens with one attached hydrogen (secondary N) is 1. The Morgan fingerprint density at radius 3 is 2.63 bits per heavy atom. The molecule has 3 N–H and O–H groups in total. The van der Waals surface area contributed by atoms with Gasteiger partial charge >= 0.3 is 0 Å². The molecule has 1 aromatic heterocycles. The first-order chi connectivity index (χ1) is 9.28. The molecule has 0 spiro atoms. The number of benzene rings is 2. The molecule has 0 radical (unpaired) electrons. The fourth-order valence-electron chi connectivity index (χ4n) is 1.94. The standard InChI is InChI=1S/C14H11ClN4/c15-10-5-3-4-9(8-10)13-17-12-7-2-1-6-11(12)14(18-13)19-16/h1-8H,16H2,(H,17,18,19). The number of nitrogens with two attached hydrogens (primary N) is 1. The van der Waals surface area contributed by atoms with Crippen LogP contribution in [0, 0.1) is 0 Å². The van der Waals surface area contributed by atoms with Crippen molar-refractivity contribution in [2.45, 2.75) is 0 Å². The second kappa shape index (κ2) is 4.84. The van der Waals surface area contributed by atoms with E-state index >= 15 is 0 Å². The molecule has 0 fully saturated rings. The Labute approximate surface area is 115 Å². The largest absolute Gasteiger partial charge is 0.308 e. The lowest BCUT2D eigenvalue weighted by molar-refractivity contribution is 1.19. The normalized spacial score (nSPS) is 10.6. The second-order valence-electron chi connectivity index (χ2n) is 4.07. The summed E-state index contributed by atoms with van der Waals surface area (Å²) in [6.07, 6.45) is 0. The van der Waals surface area contributed by atoms with Gasteiger partial charge in [-0.2, -0.15) is 0 Å². The quantitative estimate of drug-likeness (QED) is 0.554. The van der Waals surface area contributed by atoms with E-state index in [2.05, 4.69) is 15.4 Å². The van der Waals surface area contributed by atoms with Crippen molar-refractivity contribution in [3.8, 4) is 11.4 Å². The molecule has 2 aromatic carbocycles. The molecule has 0 aliphatic carbocycles. The molecule has 0 atom stereocenters. The second-order valence-corrected chi connectivity index (χ2v) is 4.50. The summed E-state index contributed by atoms with van der Waals surface area (Å²) in [5, 5.41) is 1.53. The molecule has 1 heterocycles. The van der Waals surface area contributed by atoms with E-state index < -0.39 is 0 Å². The average Bonchev–Trinajstić information content (AvgIpc) is 2.46. The van der Waals surface area contributed by atoms with Crippen molar-refractivity contribution in [2.75, 3.05) is 5.43 Å². The number of nitrogens with zero attached hydrogens (tertiary/aromatic N) is 2. The van der Waals surface area contributed by atoms with Gasteiger partial charge in [-0.25, -0.2) is 15.8 Å². The highest BCUT2D eigenvalue weighted by molar-refractivity contribution is 6.30. The average molecular weight is 271 g/mol. The highest BCUT2D eigenvalue weighted by Crippen LogP contribution is 2.25. The molecule has 0 amide bonds. The fourth-order valence-corrected chi connectivity index (χ4v) is 2.13. The molecule has 4 nitrogen and oxygen atoms in total. The zero-order valence-electron chi connectivity index (χ0n) is 9.97. The Kier molecular flexibility index (Phi) is 3.03. The molecule has 3 rings (SSSR count). The first-order valence-corrected chi connectivity index (χ1v) is 6.15. The predicted octanol–water partition coefficient (Wildman–Crippen LogP) is 3.24. The molecule has 0 unspecified atom stereocenters. The maximum absolute atomic E-state index is 5.99. The highest BCUT2D eigenvalue weighted by Gasteiger charge is 2.08. The zero-order chi connectivity index (χ0) is 13.2. The van der Waals surface area contributed by atoms with Crippen molar-refractivity contribution in [3.05, 3.63) is 53.6 Å². The summed E-state index contributed by atoms with van der Waals surface area (Å²) in [4.78, 5) is 8.95. The minimum atomic E-state index is 0.592. The number of nitrogen functional groups attached to an aromatic ring is 1. The number of hydrazine groups is 1. The van der Waals surface area contributed by atoms with Crippen LogP contribution in [0.5, 0.6) is 0 Å². The predicted molar refractivity (Wildman–Crippen MR) is 77.8 cm³/mol. The number of aromatic nitrogens is 2. The van der Waals surface area contributed by atoms with Crippen LogP contribution in [0.25, 0.3) is 22.3 Å². The summed E-state index contributed by atoms with van der Waals surface area (Å²) in [6, 6.07) is 15.1. The first-order valence-electron chi connectivity index (χ1n) is 5.77. The van der Waals surface area contributed by atoms with Crippen molar-refractivity contribution >= 4 is 28.3 Å². The van der Waals surface area contributed by atoms with Crippen LogP contribution in [0.3, 0.4) is 0 Å². The summed E-state index contributed by atoms with van der Waals surface area (Å²) in [6.45, 7) is 0. The number of para-hydroxylation sites is 1. The molecule has 0 saturated carbocycles. The van der Waals surface area contributed by atoms with Gasteiger partial charge in [-0.05, 0) is 24.3 Å². The molecule has 5 heteroatoms. The van der Waals surface area contributed by atoms with E-state index in [0.717, 1.165) is 16.5 Å². The lowest BCUT2D eigenvalue weighted by atomic mass is 10.2. The van der Waals surface area contributed by atoms with E-state index in [-0.39, 0.29) is 0 Å². The SMILES string of the molecule is NNc1nc(-c2cccc(Cl)c2)nc2ccccc12. The number of rotatable bonds is 2. The Bertz CT molecular complexity index is 742. The summed E-state index contributed by atoms with van der Waals surface area (Å²) >= 11 is 5.99. The van der Waals surface area contributed by atoms with Crippen molar-refractivity contribution in [2.24, 2.45) is 5.84 Å². The zero-order valence-corrected chi connectivity index (χ0v) is 10.7. The van der Waals surface area contributed by atoms with Gasteiger partial charge in [-0.15, -0.1) is 0 Å². The van der Waals surface area contributed by atoms with Crippen LogP contribution >= 0.6 is 11.6 Å². The van der Waals surface area contributed by atoms with Crippen molar-refractivity contribution < 1.29 is 0 Å². The maximum Gasteiger partial charge on any atom is 0.162 e. The van der Waals surface area contributed by atoms with Crippen molar-refractivity contribution in [1.82, 2.24) is 9.97 Å². The van der Waals surface area contributed by atoms with Gasteiger partial charge in [-0.3, -0.25) is 0 Å². The molecule has 0 aliphatic heterocycles. The number of fused-ring (bicyclic) bond motifs is 1. The van der Waals surface area contributed by atoms with E-state index in [1.165, 1.54) is 0 Å². The third-order valence-corrected chi connectivity index (χ3v) is 3.06. The van der Waals surface area contributed by atoms with Gasteiger partial charge in [0.05, 0.1) is 5.52 Å². The minimum absolute atomic E-state index is 0.592. The third-order valence-electron chi connectivity index (χ3n) is 2.82. The molecule has 19 heavy (non-hydrogen) atoms. The van der Waals surface area contributed by atoms with E-state index in [1.54, 1.807) is 0 Å². The molecular weight excluding hydrogens is 260 g/mol. The first kappa shape index (κ1) is 11.9. The fraction of sp³-hybridized carbons (Fsp3) is 0. The van der Waals surface area contributed by atoms with Crippen molar-refractivity contribution in [1.29, 1.82) is 0 Å². The third kappa shape index (κ3) is 2.23. The van der Waals surface area contributed by atoms with Gasteiger partial charge < -0.3 is 5.43 Å². The molecular formula is C14H11ClN4. The summed E-state index contributed by atoms with van der Waals surface area (Å²) in [5.74, 6) is 6.72. The Hall–Kier alpha value is -2.17. The van der Waals surface area contributed by atoms with Crippen LogP contribution in [0.15, 0.2) is 48.5 Å². The smallest absolute Gasteiger partial charge is 0.162 e. The van der Waals surface area contributed by atoms with Crippen LogP contribution in [-0.4, -0.2) is 9.97 Å². The summed E-state index contributed by atoms with van der Waals surface area (Å²) < 4.78 is 0. The summed E-state index contributed by atoms with van der Waals surface area (Å²) in [5.41, 5.74) is 4.30. The van der Waals surface area contributed by atoms with Gasteiger partial charge in [0.15, 0.2) is 11.6 Å². The molecule has 0 bridgehead atoms. The Balaban J connectivity index is 2.25. The van der Waals surface area contributed by atoms with Crippen LogP contribution in [0.2, 0.25) is 5.02 Å². The van der Waals surface area contributed by atoms with Crippen LogP contribution in [0.4, 0.5) is 5.82 Å². The highest BCUT2D eigenvalue weighted by atomic mass is 35.5. The lowest BCUT2D eigenvalue weighted by Gasteiger charge is -2.08. The number of anilines is 1. The molecule has 0 saturated heterocycles. The number of halogens is 1. The number of hydrogen-bond acceptors (Lipinski definition) is 4. The van der Waals surface area contributed by atoms with Gasteiger partial charge in [-0.1, -0.05) is 35.9 Å². The van der Waals surface area contributed by atoms with Gasteiger partial charge in [0.2, 0.25) is 0 Å². The summed E-state index contributed by atoms with van der Waals surface area (Å²) in [7, 11) is 0. The monoisotopic (exact) mass is 270 g/mol. The van der Waals surface area contributed by atoms with E-state index in [9.17, 15) is 0 Å².